The summed E-state index contributed by atoms with van der Waals surface area (Å²) < 4.78 is 13.2. The standard InChI is InChI=1S/C9H8FN3O/c10-6-2-1-3-7-5(6)4-12-9(13-7)8(11)14/h1-3H,4H2,(H2,11,14)(H,12,13). The molecule has 1 amide bonds. The van der Waals surface area contributed by atoms with Gasteiger partial charge in [-0.1, -0.05) is 6.07 Å². The molecular formula is C9H8FN3O. The van der Waals surface area contributed by atoms with E-state index in [1.54, 1.807) is 12.1 Å². The minimum absolute atomic E-state index is 0.0723. The first-order valence-corrected chi connectivity index (χ1v) is 4.07. The second-order valence-electron chi connectivity index (χ2n) is 2.92. The molecule has 1 aromatic rings. The van der Waals surface area contributed by atoms with Gasteiger partial charge in [-0.25, -0.2) is 4.39 Å². The molecule has 0 saturated heterocycles. The minimum Gasteiger partial charge on any atom is -0.363 e. The van der Waals surface area contributed by atoms with E-state index in [1.165, 1.54) is 6.07 Å². The van der Waals surface area contributed by atoms with Crippen molar-refractivity contribution in [1.82, 2.24) is 0 Å². The zero-order chi connectivity index (χ0) is 10.1. The first kappa shape index (κ1) is 8.68. The van der Waals surface area contributed by atoms with Crippen LogP contribution in [0.1, 0.15) is 5.56 Å². The third-order valence-corrected chi connectivity index (χ3v) is 2.00. The molecule has 0 fully saturated rings. The van der Waals surface area contributed by atoms with Crippen molar-refractivity contribution in [2.45, 2.75) is 6.54 Å². The molecule has 3 N–H and O–H groups in total. The van der Waals surface area contributed by atoms with Gasteiger partial charge in [0.15, 0.2) is 5.84 Å². The Morgan fingerprint density at radius 2 is 2.36 bits per heavy atom. The number of hydrogen-bond donors (Lipinski definition) is 2. The number of benzene rings is 1. The van der Waals surface area contributed by atoms with Crippen LogP contribution in [0.4, 0.5) is 10.1 Å². The van der Waals surface area contributed by atoms with Crippen molar-refractivity contribution in [3.63, 3.8) is 0 Å². The predicted molar refractivity (Wildman–Crippen MR) is 50.4 cm³/mol. The van der Waals surface area contributed by atoms with Gasteiger partial charge in [0, 0.05) is 11.3 Å². The number of amides is 1. The number of fused-ring (bicyclic) bond motifs is 1. The fourth-order valence-electron chi connectivity index (χ4n) is 1.30. The fourth-order valence-corrected chi connectivity index (χ4v) is 1.30. The van der Waals surface area contributed by atoms with Crippen LogP contribution < -0.4 is 11.1 Å². The summed E-state index contributed by atoms with van der Waals surface area (Å²) in [6.07, 6.45) is 0. The number of rotatable bonds is 1. The molecule has 0 bridgehead atoms. The number of nitrogens with two attached hydrogens (primary N) is 1. The highest BCUT2D eigenvalue weighted by Crippen LogP contribution is 2.22. The largest absolute Gasteiger partial charge is 0.363 e. The molecule has 5 heteroatoms. The SMILES string of the molecule is NC(=O)C1=NCc2c(F)cccc2N1. The van der Waals surface area contributed by atoms with Gasteiger partial charge in [-0.3, -0.25) is 9.79 Å². The van der Waals surface area contributed by atoms with E-state index in [1.807, 2.05) is 0 Å². The lowest BCUT2D eigenvalue weighted by Gasteiger charge is -2.16. The molecule has 0 spiro atoms. The molecule has 4 nitrogen and oxygen atoms in total. The van der Waals surface area contributed by atoms with Crippen LogP contribution >= 0.6 is 0 Å². The molecule has 0 atom stereocenters. The van der Waals surface area contributed by atoms with Crippen molar-refractivity contribution in [3.05, 3.63) is 29.6 Å². The summed E-state index contributed by atoms with van der Waals surface area (Å²) in [5.74, 6) is -0.898. The van der Waals surface area contributed by atoms with Gasteiger partial charge in [0.25, 0.3) is 5.91 Å². The molecule has 0 saturated carbocycles. The lowest BCUT2D eigenvalue weighted by molar-refractivity contribution is -0.112. The second kappa shape index (κ2) is 3.10. The summed E-state index contributed by atoms with van der Waals surface area (Å²) in [5, 5.41) is 2.67. The zero-order valence-electron chi connectivity index (χ0n) is 7.25. The van der Waals surface area contributed by atoms with Crippen molar-refractivity contribution in [1.29, 1.82) is 0 Å². The molecule has 0 aliphatic carbocycles. The Morgan fingerprint density at radius 1 is 1.57 bits per heavy atom. The van der Waals surface area contributed by atoms with E-state index in [0.717, 1.165) is 0 Å². The summed E-state index contributed by atoms with van der Waals surface area (Å²) in [6.45, 7) is 0.146. The van der Waals surface area contributed by atoms with Gasteiger partial charge in [0.2, 0.25) is 0 Å². The van der Waals surface area contributed by atoms with Crippen LogP contribution in [-0.4, -0.2) is 11.7 Å². The molecule has 14 heavy (non-hydrogen) atoms. The molecule has 72 valence electrons. The lowest BCUT2D eigenvalue weighted by atomic mass is 10.1. The van der Waals surface area contributed by atoms with E-state index >= 15 is 0 Å². The summed E-state index contributed by atoms with van der Waals surface area (Å²) in [6, 6.07) is 4.59. The maximum atomic E-state index is 13.2. The van der Waals surface area contributed by atoms with Gasteiger partial charge in [0.05, 0.1) is 6.54 Å². The molecule has 0 radical (unpaired) electrons. The third-order valence-electron chi connectivity index (χ3n) is 2.00. The molecule has 1 heterocycles. The van der Waals surface area contributed by atoms with Gasteiger partial charge in [-0.2, -0.15) is 0 Å². The molecule has 0 unspecified atom stereocenters. The van der Waals surface area contributed by atoms with Crippen molar-refractivity contribution in [2.75, 3.05) is 5.32 Å². The zero-order valence-corrected chi connectivity index (χ0v) is 7.25. The quantitative estimate of drug-likeness (QED) is 0.687. The third kappa shape index (κ3) is 1.32. The van der Waals surface area contributed by atoms with Crippen LogP contribution in [0.15, 0.2) is 23.2 Å². The Labute approximate surface area is 79.6 Å². The first-order valence-electron chi connectivity index (χ1n) is 4.07. The van der Waals surface area contributed by atoms with Crippen molar-refractivity contribution < 1.29 is 9.18 Å². The van der Waals surface area contributed by atoms with Crippen LogP contribution in [0, 0.1) is 5.82 Å². The Kier molecular flexibility index (Phi) is 1.92. The molecule has 1 aliphatic heterocycles. The predicted octanol–water partition coefficient (Wildman–Crippen LogP) is 0.635. The Bertz CT molecular complexity index is 428. The number of carbonyl (C=O) groups excluding carboxylic acids is 1. The van der Waals surface area contributed by atoms with E-state index in [-0.39, 0.29) is 18.2 Å². The van der Waals surface area contributed by atoms with Crippen molar-refractivity contribution in [3.8, 4) is 0 Å². The van der Waals surface area contributed by atoms with E-state index < -0.39 is 5.91 Å². The minimum atomic E-state index is -0.639. The Hall–Kier alpha value is -1.91. The molecular weight excluding hydrogens is 185 g/mol. The highest BCUT2D eigenvalue weighted by atomic mass is 19.1. The van der Waals surface area contributed by atoms with E-state index in [2.05, 4.69) is 10.3 Å². The van der Waals surface area contributed by atoms with E-state index in [0.29, 0.717) is 11.3 Å². The van der Waals surface area contributed by atoms with Crippen LogP contribution in [0.25, 0.3) is 0 Å². The maximum absolute atomic E-state index is 13.2. The van der Waals surface area contributed by atoms with Crippen molar-refractivity contribution in [2.24, 2.45) is 10.7 Å². The van der Waals surface area contributed by atoms with Crippen LogP contribution in [0.5, 0.6) is 0 Å². The first-order chi connectivity index (χ1) is 6.68. The number of aliphatic imine (C=N–C) groups is 1. The van der Waals surface area contributed by atoms with Gasteiger partial charge in [-0.15, -0.1) is 0 Å². The van der Waals surface area contributed by atoms with Crippen LogP contribution in [0.2, 0.25) is 0 Å². The molecule has 1 aromatic carbocycles. The average molecular weight is 193 g/mol. The number of hydrogen-bond acceptors (Lipinski definition) is 3. The number of carbonyl (C=O) groups is 1. The van der Waals surface area contributed by atoms with Gasteiger partial charge in [-0.05, 0) is 12.1 Å². The van der Waals surface area contributed by atoms with Crippen LogP contribution in [0.3, 0.4) is 0 Å². The van der Waals surface area contributed by atoms with Gasteiger partial charge in [0.1, 0.15) is 5.82 Å². The number of halogens is 1. The molecule has 2 rings (SSSR count). The number of amidine groups is 1. The monoisotopic (exact) mass is 193 g/mol. The number of nitrogens with zero attached hydrogens (tertiary/aromatic N) is 1. The van der Waals surface area contributed by atoms with Crippen molar-refractivity contribution >= 4 is 17.4 Å². The summed E-state index contributed by atoms with van der Waals surface area (Å²) in [7, 11) is 0. The number of anilines is 1. The van der Waals surface area contributed by atoms with Gasteiger partial charge >= 0.3 is 0 Å². The summed E-state index contributed by atoms with van der Waals surface area (Å²) >= 11 is 0. The molecule has 1 aliphatic rings. The maximum Gasteiger partial charge on any atom is 0.284 e. The average Bonchev–Trinajstić information content (AvgIpc) is 2.17. The Morgan fingerprint density at radius 3 is 3.07 bits per heavy atom. The number of primary amides is 1. The normalized spacial score (nSPS) is 13.9. The van der Waals surface area contributed by atoms with E-state index in [9.17, 15) is 9.18 Å². The highest BCUT2D eigenvalue weighted by molar-refractivity contribution is 6.42. The summed E-state index contributed by atoms with van der Waals surface area (Å²) in [4.78, 5) is 14.6. The van der Waals surface area contributed by atoms with E-state index in [4.69, 9.17) is 5.73 Å². The fraction of sp³-hybridized carbons (Fsp3) is 0.111. The van der Waals surface area contributed by atoms with Crippen LogP contribution in [-0.2, 0) is 11.3 Å². The van der Waals surface area contributed by atoms with Gasteiger partial charge < -0.3 is 11.1 Å². The summed E-state index contributed by atoms with van der Waals surface area (Å²) in [5.41, 5.74) is 6.04. The smallest absolute Gasteiger partial charge is 0.284 e. The number of nitrogens with one attached hydrogen (secondary N) is 1. The topological polar surface area (TPSA) is 67.5 Å². The Balaban J connectivity index is 2.39. The molecule has 0 aromatic heterocycles. The second-order valence-corrected chi connectivity index (χ2v) is 2.92. The highest BCUT2D eigenvalue weighted by Gasteiger charge is 2.17. The lowest BCUT2D eigenvalue weighted by Crippen LogP contribution is -2.32.